The molecular formula is C19H22N2O5S. The van der Waals surface area contributed by atoms with Crippen LogP contribution in [0.25, 0.3) is 0 Å². The van der Waals surface area contributed by atoms with Crippen molar-refractivity contribution < 1.29 is 23.1 Å². The highest BCUT2D eigenvalue weighted by atomic mass is 32.2. The van der Waals surface area contributed by atoms with E-state index in [0.717, 1.165) is 6.42 Å². The molecule has 0 saturated heterocycles. The van der Waals surface area contributed by atoms with Crippen molar-refractivity contribution >= 4 is 27.6 Å². The van der Waals surface area contributed by atoms with E-state index >= 15 is 0 Å². The molecule has 0 fully saturated rings. The van der Waals surface area contributed by atoms with E-state index in [1.165, 1.54) is 36.4 Å². The van der Waals surface area contributed by atoms with Gasteiger partial charge in [0.05, 0.1) is 4.90 Å². The standard InChI is InChI=1S/C19H22N2O5S/c1-2-3-9-17(19(23)24)20-18(22)14-10-12-15(13-11-14)21-27(25,26)16-7-5-4-6-8-16/h4-8,10-13,17,21H,2-3,9H2,1H3,(H,20,22)(H,23,24). The minimum Gasteiger partial charge on any atom is -0.480 e. The molecule has 0 aliphatic carbocycles. The number of nitrogens with one attached hydrogen (secondary N) is 2. The molecule has 0 aliphatic rings. The molecule has 0 radical (unpaired) electrons. The average Bonchev–Trinajstić information content (AvgIpc) is 2.65. The first kappa shape index (κ1) is 20.4. The molecule has 3 N–H and O–H groups in total. The molecule has 2 rings (SSSR count). The summed E-state index contributed by atoms with van der Waals surface area (Å²) in [4.78, 5) is 23.6. The lowest BCUT2D eigenvalue weighted by molar-refractivity contribution is -0.139. The first-order chi connectivity index (χ1) is 12.8. The zero-order chi connectivity index (χ0) is 19.9. The molecule has 1 atom stereocenters. The SMILES string of the molecule is CCCCC(NC(=O)c1ccc(NS(=O)(=O)c2ccccc2)cc1)C(=O)O. The maximum atomic E-state index is 12.3. The van der Waals surface area contributed by atoms with E-state index in [2.05, 4.69) is 10.0 Å². The molecule has 2 aromatic rings. The van der Waals surface area contributed by atoms with Gasteiger partial charge in [-0.25, -0.2) is 13.2 Å². The summed E-state index contributed by atoms with van der Waals surface area (Å²) in [6.45, 7) is 1.94. The van der Waals surface area contributed by atoms with Crippen LogP contribution in [0.15, 0.2) is 59.5 Å². The van der Waals surface area contributed by atoms with Gasteiger partial charge in [-0.05, 0) is 42.8 Å². The van der Waals surface area contributed by atoms with Crippen molar-refractivity contribution in [2.45, 2.75) is 37.1 Å². The maximum Gasteiger partial charge on any atom is 0.326 e. The number of rotatable bonds is 9. The Morgan fingerprint density at radius 1 is 1.04 bits per heavy atom. The Balaban J connectivity index is 2.06. The Labute approximate surface area is 158 Å². The Hall–Kier alpha value is -2.87. The minimum absolute atomic E-state index is 0.132. The molecule has 2 aromatic carbocycles. The number of carbonyl (C=O) groups is 2. The summed E-state index contributed by atoms with van der Waals surface area (Å²) in [6.07, 6.45) is 1.87. The van der Waals surface area contributed by atoms with Crippen LogP contribution in [0.4, 0.5) is 5.69 Å². The van der Waals surface area contributed by atoms with Crippen molar-refractivity contribution in [1.29, 1.82) is 0 Å². The Morgan fingerprint density at radius 2 is 1.67 bits per heavy atom. The van der Waals surface area contributed by atoms with Crippen LogP contribution in [0.5, 0.6) is 0 Å². The third-order valence-corrected chi connectivity index (χ3v) is 5.30. The summed E-state index contributed by atoms with van der Waals surface area (Å²) in [7, 11) is -3.72. The van der Waals surface area contributed by atoms with Gasteiger partial charge in [0.1, 0.15) is 6.04 Å². The fraction of sp³-hybridized carbons (Fsp3) is 0.263. The second-order valence-electron chi connectivity index (χ2n) is 6.00. The number of carboxylic acids is 1. The largest absolute Gasteiger partial charge is 0.480 e. The fourth-order valence-electron chi connectivity index (χ4n) is 2.41. The second-order valence-corrected chi connectivity index (χ2v) is 7.68. The zero-order valence-electron chi connectivity index (χ0n) is 14.9. The van der Waals surface area contributed by atoms with Crippen LogP contribution in [0.3, 0.4) is 0 Å². The quantitative estimate of drug-likeness (QED) is 0.609. The van der Waals surface area contributed by atoms with Crippen molar-refractivity contribution in [1.82, 2.24) is 5.32 Å². The van der Waals surface area contributed by atoms with Gasteiger partial charge in [0, 0.05) is 11.3 Å². The van der Waals surface area contributed by atoms with E-state index in [1.807, 2.05) is 6.92 Å². The Kier molecular flexibility index (Phi) is 6.95. The minimum atomic E-state index is -3.72. The topological polar surface area (TPSA) is 113 Å². The third-order valence-electron chi connectivity index (χ3n) is 3.90. The fourth-order valence-corrected chi connectivity index (χ4v) is 3.49. The van der Waals surface area contributed by atoms with E-state index < -0.39 is 27.9 Å². The van der Waals surface area contributed by atoms with Crippen LogP contribution < -0.4 is 10.0 Å². The predicted octanol–water partition coefficient (Wildman–Crippen LogP) is 2.86. The van der Waals surface area contributed by atoms with Gasteiger partial charge in [0.15, 0.2) is 0 Å². The molecule has 27 heavy (non-hydrogen) atoms. The summed E-state index contributed by atoms with van der Waals surface area (Å²) in [6, 6.07) is 12.8. The molecule has 0 saturated carbocycles. The van der Waals surface area contributed by atoms with Gasteiger partial charge < -0.3 is 10.4 Å². The molecular weight excluding hydrogens is 368 g/mol. The number of hydrogen-bond donors (Lipinski definition) is 3. The Bertz CT molecular complexity index is 880. The van der Waals surface area contributed by atoms with E-state index in [1.54, 1.807) is 18.2 Å². The zero-order valence-corrected chi connectivity index (χ0v) is 15.7. The van der Waals surface area contributed by atoms with Gasteiger partial charge in [-0.1, -0.05) is 38.0 Å². The van der Waals surface area contributed by atoms with Crippen LogP contribution in [-0.4, -0.2) is 31.4 Å². The molecule has 0 aliphatic heterocycles. The molecule has 1 amide bonds. The smallest absolute Gasteiger partial charge is 0.326 e. The highest BCUT2D eigenvalue weighted by molar-refractivity contribution is 7.92. The second kappa shape index (κ2) is 9.18. The third kappa shape index (κ3) is 5.82. The normalized spacial score (nSPS) is 12.2. The van der Waals surface area contributed by atoms with Crippen molar-refractivity contribution in [2.24, 2.45) is 0 Å². The lowest BCUT2D eigenvalue weighted by Crippen LogP contribution is -2.40. The van der Waals surface area contributed by atoms with Gasteiger partial charge in [0.2, 0.25) is 0 Å². The number of amides is 1. The number of aliphatic carboxylic acids is 1. The van der Waals surface area contributed by atoms with E-state index in [4.69, 9.17) is 0 Å². The highest BCUT2D eigenvalue weighted by Gasteiger charge is 2.20. The lowest BCUT2D eigenvalue weighted by atomic mass is 10.1. The van der Waals surface area contributed by atoms with Crippen LogP contribution in [0.2, 0.25) is 0 Å². The number of benzene rings is 2. The van der Waals surface area contributed by atoms with Crippen molar-refractivity contribution in [2.75, 3.05) is 4.72 Å². The van der Waals surface area contributed by atoms with Gasteiger partial charge in [0.25, 0.3) is 15.9 Å². The number of sulfonamides is 1. The van der Waals surface area contributed by atoms with Crippen molar-refractivity contribution in [3.05, 3.63) is 60.2 Å². The maximum absolute atomic E-state index is 12.3. The van der Waals surface area contributed by atoms with Crippen LogP contribution >= 0.6 is 0 Å². The summed E-state index contributed by atoms with van der Waals surface area (Å²) >= 11 is 0. The first-order valence-electron chi connectivity index (χ1n) is 8.55. The molecule has 0 bridgehead atoms. The monoisotopic (exact) mass is 390 g/mol. The highest BCUT2D eigenvalue weighted by Crippen LogP contribution is 2.16. The molecule has 144 valence electrons. The number of unbranched alkanes of at least 4 members (excludes halogenated alkanes) is 1. The molecule has 0 heterocycles. The molecule has 7 nitrogen and oxygen atoms in total. The van der Waals surface area contributed by atoms with Crippen molar-refractivity contribution in [3.8, 4) is 0 Å². The number of carbonyl (C=O) groups excluding carboxylic acids is 1. The van der Waals surface area contributed by atoms with Gasteiger partial charge in [-0.2, -0.15) is 0 Å². The van der Waals surface area contributed by atoms with Crippen LogP contribution in [0.1, 0.15) is 36.5 Å². The number of hydrogen-bond acceptors (Lipinski definition) is 4. The summed E-state index contributed by atoms with van der Waals surface area (Å²) < 4.78 is 27.0. The van der Waals surface area contributed by atoms with E-state index in [-0.39, 0.29) is 10.5 Å². The van der Waals surface area contributed by atoms with Gasteiger partial charge in [-0.3, -0.25) is 9.52 Å². The first-order valence-corrected chi connectivity index (χ1v) is 10.0. The molecule has 0 spiro atoms. The average molecular weight is 390 g/mol. The van der Waals surface area contributed by atoms with E-state index in [0.29, 0.717) is 18.5 Å². The van der Waals surface area contributed by atoms with E-state index in [9.17, 15) is 23.1 Å². The molecule has 8 heteroatoms. The summed E-state index contributed by atoms with van der Waals surface area (Å²) in [5.74, 6) is -1.60. The van der Waals surface area contributed by atoms with Gasteiger partial charge in [-0.15, -0.1) is 0 Å². The Morgan fingerprint density at radius 3 is 2.22 bits per heavy atom. The molecule has 0 aromatic heterocycles. The predicted molar refractivity (Wildman–Crippen MR) is 102 cm³/mol. The number of anilines is 1. The van der Waals surface area contributed by atoms with Gasteiger partial charge >= 0.3 is 5.97 Å². The summed E-state index contributed by atoms with van der Waals surface area (Å²) in [5.41, 5.74) is 0.552. The lowest BCUT2D eigenvalue weighted by Gasteiger charge is -2.14. The van der Waals surface area contributed by atoms with Crippen LogP contribution in [-0.2, 0) is 14.8 Å². The number of carboxylic acid groups (broad SMARTS) is 1. The summed E-state index contributed by atoms with van der Waals surface area (Å²) in [5, 5.41) is 11.7. The molecule has 1 unspecified atom stereocenters. The van der Waals surface area contributed by atoms with Crippen LogP contribution in [0, 0.1) is 0 Å². The van der Waals surface area contributed by atoms with Crippen molar-refractivity contribution in [3.63, 3.8) is 0 Å².